The molecule has 1 aliphatic carbocycles. The van der Waals surface area contributed by atoms with Crippen molar-refractivity contribution in [2.24, 2.45) is 0 Å². The molecule has 0 saturated heterocycles. The molecule has 1 aliphatic rings. The summed E-state index contributed by atoms with van der Waals surface area (Å²) in [6.45, 7) is 3.01. The Morgan fingerprint density at radius 1 is 1.06 bits per heavy atom. The molecule has 1 N–H and O–H groups in total. The number of carbonyl (C=O) groups excluding carboxylic acids is 1. The van der Waals surface area contributed by atoms with Crippen LogP contribution in [-0.2, 0) is 26.9 Å². The standard InChI is InChI=1S/C21H25N2O7P/c1-15(2)28-21(24)14-22-31(27,29-19-11-8-18(9-12-19)23(25)26)30-20-10-7-16-5-3-4-6-17(16)13-20/h7-13,15H,3-6,14H2,1-2H3,(H,22,27). The van der Waals surface area contributed by atoms with Crippen molar-refractivity contribution in [3.05, 3.63) is 63.7 Å². The van der Waals surface area contributed by atoms with Gasteiger partial charge in [-0.3, -0.25) is 14.9 Å². The molecule has 0 spiro atoms. The van der Waals surface area contributed by atoms with Crippen molar-refractivity contribution >= 4 is 19.4 Å². The summed E-state index contributed by atoms with van der Waals surface area (Å²) in [5, 5.41) is 13.4. The van der Waals surface area contributed by atoms with Gasteiger partial charge in [-0.15, -0.1) is 0 Å². The highest BCUT2D eigenvalue weighted by atomic mass is 31.2. The van der Waals surface area contributed by atoms with Crippen LogP contribution in [0.1, 0.15) is 37.8 Å². The lowest BCUT2D eigenvalue weighted by Crippen LogP contribution is -2.28. The Labute approximate surface area is 180 Å². The zero-order valence-electron chi connectivity index (χ0n) is 17.4. The Morgan fingerprint density at radius 2 is 1.68 bits per heavy atom. The largest absolute Gasteiger partial charge is 0.513 e. The van der Waals surface area contributed by atoms with Crippen LogP contribution in [0.4, 0.5) is 5.69 Å². The van der Waals surface area contributed by atoms with Gasteiger partial charge < -0.3 is 13.8 Å². The second-order valence-corrected chi connectivity index (χ2v) is 9.12. The van der Waals surface area contributed by atoms with Gasteiger partial charge in [0.15, 0.2) is 0 Å². The predicted octanol–water partition coefficient (Wildman–Crippen LogP) is 4.58. The molecule has 2 aromatic carbocycles. The van der Waals surface area contributed by atoms with E-state index in [1.54, 1.807) is 19.9 Å². The molecular formula is C21H25N2O7P. The molecule has 0 amide bonds. The minimum atomic E-state index is -4.06. The quantitative estimate of drug-likeness (QED) is 0.256. The van der Waals surface area contributed by atoms with E-state index in [0.717, 1.165) is 31.2 Å². The monoisotopic (exact) mass is 448 g/mol. The number of nitro groups is 1. The van der Waals surface area contributed by atoms with Crippen LogP contribution in [0.25, 0.3) is 0 Å². The van der Waals surface area contributed by atoms with Gasteiger partial charge in [-0.2, -0.15) is 5.09 Å². The van der Waals surface area contributed by atoms with Crippen molar-refractivity contribution in [1.82, 2.24) is 5.09 Å². The van der Waals surface area contributed by atoms with Crippen LogP contribution in [0, 0.1) is 10.1 Å². The third kappa shape index (κ3) is 6.54. The number of ether oxygens (including phenoxy) is 1. The van der Waals surface area contributed by atoms with Gasteiger partial charge in [-0.25, -0.2) is 4.57 Å². The van der Waals surface area contributed by atoms with Crippen molar-refractivity contribution in [1.29, 1.82) is 0 Å². The third-order valence-electron chi connectivity index (χ3n) is 4.60. The van der Waals surface area contributed by atoms with Gasteiger partial charge in [-0.05, 0) is 74.9 Å². The number of fused-ring (bicyclic) bond motifs is 1. The van der Waals surface area contributed by atoms with E-state index in [0.29, 0.717) is 5.75 Å². The van der Waals surface area contributed by atoms with Crippen molar-refractivity contribution in [3.63, 3.8) is 0 Å². The van der Waals surface area contributed by atoms with Gasteiger partial charge in [0.05, 0.1) is 11.0 Å². The molecule has 31 heavy (non-hydrogen) atoms. The molecule has 0 fully saturated rings. The lowest BCUT2D eigenvalue weighted by Gasteiger charge is -2.22. The number of non-ortho nitro benzene ring substituents is 1. The molecule has 0 bridgehead atoms. The maximum atomic E-state index is 13.4. The van der Waals surface area contributed by atoms with Crippen molar-refractivity contribution < 1.29 is 28.1 Å². The maximum absolute atomic E-state index is 13.4. The highest BCUT2D eigenvalue weighted by Gasteiger charge is 2.30. The van der Waals surface area contributed by atoms with E-state index < -0.39 is 25.2 Å². The van der Waals surface area contributed by atoms with Gasteiger partial charge in [-0.1, -0.05) is 6.07 Å². The van der Waals surface area contributed by atoms with Gasteiger partial charge in [0, 0.05) is 12.1 Å². The Morgan fingerprint density at radius 3 is 2.32 bits per heavy atom. The number of hydrogen-bond acceptors (Lipinski definition) is 7. The Bertz CT molecular complexity index is 992. The fraction of sp³-hybridized carbons (Fsp3) is 0.381. The van der Waals surface area contributed by atoms with Crippen LogP contribution < -0.4 is 14.1 Å². The number of nitro benzene ring substituents is 1. The Kier molecular flexibility index (Phi) is 7.30. The normalized spacial score (nSPS) is 14.9. The first kappa shape index (κ1) is 22.8. The van der Waals surface area contributed by atoms with E-state index in [9.17, 15) is 19.5 Å². The Balaban J connectivity index is 1.80. The van der Waals surface area contributed by atoms with Gasteiger partial charge in [0.2, 0.25) is 0 Å². The first-order valence-corrected chi connectivity index (χ1v) is 11.6. The molecule has 0 saturated carbocycles. The van der Waals surface area contributed by atoms with E-state index in [1.807, 2.05) is 12.1 Å². The van der Waals surface area contributed by atoms with E-state index in [2.05, 4.69) is 5.09 Å². The van der Waals surface area contributed by atoms with Gasteiger partial charge in [0.1, 0.15) is 18.0 Å². The van der Waals surface area contributed by atoms with Crippen LogP contribution in [0.3, 0.4) is 0 Å². The van der Waals surface area contributed by atoms with Crippen molar-refractivity contribution in [2.75, 3.05) is 6.54 Å². The lowest BCUT2D eigenvalue weighted by atomic mass is 9.92. The molecule has 0 aliphatic heterocycles. The highest BCUT2D eigenvalue weighted by molar-refractivity contribution is 7.52. The van der Waals surface area contributed by atoms with E-state index in [4.69, 9.17) is 13.8 Å². The fourth-order valence-electron chi connectivity index (χ4n) is 3.22. The molecule has 0 aromatic heterocycles. The summed E-state index contributed by atoms with van der Waals surface area (Å²) in [4.78, 5) is 22.2. The molecule has 1 atom stereocenters. The molecular weight excluding hydrogens is 423 g/mol. The van der Waals surface area contributed by atoms with Crippen LogP contribution >= 0.6 is 7.75 Å². The zero-order valence-corrected chi connectivity index (χ0v) is 18.3. The fourth-order valence-corrected chi connectivity index (χ4v) is 4.50. The number of aryl methyl sites for hydroxylation is 2. The minimum absolute atomic E-state index is 0.0941. The highest BCUT2D eigenvalue weighted by Crippen LogP contribution is 2.45. The summed E-state index contributed by atoms with van der Waals surface area (Å²) in [5.41, 5.74) is 2.23. The van der Waals surface area contributed by atoms with Gasteiger partial charge in [0.25, 0.3) is 5.69 Å². The number of rotatable bonds is 9. The lowest BCUT2D eigenvalue weighted by molar-refractivity contribution is -0.384. The second kappa shape index (κ2) is 9.94. The van der Waals surface area contributed by atoms with Crippen LogP contribution in [0.2, 0.25) is 0 Å². The Hall–Kier alpha value is -2.90. The number of nitrogens with one attached hydrogen (secondary N) is 1. The molecule has 166 valence electrons. The van der Waals surface area contributed by atoms with E-state index in [1.165, 1.54) is 29.8 Å². The number of nitrogens with zero attached hydrogens (tertiary/aromatic N) is 1. The number of esters is 1. The predicted molar refractivity (Wildman–Crippen MR) is 114 cm³/mol. The summed E-state index contributed by atoms with van der Waals surface area (Å²) in [6.07, 6.45) is 3.78. The van der Waals surface area contributed by atoms with Crippen LogP contribution in [0.5, 0.6) is 11.5 Å². The first-order valence-electron chi connectivity index (χ1n) is 10.0. The van der Waals surface area contributed by atoms with Gasteiger partial charge >= 0.3 is 13.7 Å². The number of carbonyl (C=O) groups is 1. The summed E-state index contributed by atoms with van der Waals surface area (Å²) in [6, 6.07) is 10.6. The van der Waals surface area contributed by atoms with Crippen molar-refractivity contribution in [2.45, 2.75) is 45.6 Å². The van der Waals surface area contributed by atoms with Crippen molar-refractivity contribution in [3.8, 4) is 11.5 Å². The summed E-state index contributed by atoms with van der Waals surface area (Å²) < 4.78 is 29.7. The smallest absolute Gasteiger partial charge is 0.462 e. The number of hydrogen-bond donors (Lipinski definition) is 1. The van der Waals surface area contributed by atoms with E-state index in [-0.39, 0.29) is 17.5 Å². The SMILES string of the molecule is CC(C)OC(=O)CNP(=O)(Oc1ccc([N+](=O)[O-])cc1)Oc1ccc2c(c1)CCCC2. The number of benzene rings is 2. The molecule has 1 unspecified atom stereocenters. The zero-order chi connectivity index (χ0) is 22.4. The molecule has 9 nitrogen and oxygen atoms in total. The third-order valence-corrected chi connectivity index (χ3v) is 6.05. The van der Waals surface area contributed by atoms with Crippen LogP contribution in [0.15, 0.2) is 42.5 Å². The maximum Gasteiger partial charge on any atom is 0.513 e. The average molecular weight is 448 g/mol. The summed E-state index contributed by atoms with van der Waals surface area (Å²) in [5.74, 6) is -0.177. The minimum Gasteiger partial charge on any atom is -0.462 e. The van der Waals surface area contributed by atoms with Crippen LogP contribution in [-0.4, -0.2) is 23.5 Å². The second-order valence-electron chi connectivity index (χ2n) is 7.44. The average Bonchev–Trinajstić information content (AvgIpc) is 2.72. The first-order chi connectivity index (χ1) is 14.7. The molecule has 2 aromatic rings. The molecule has 10 heteroatoms. The molecule has 0 heterocycles. The molecule has 0 radical (unpaired) electrons. The summed E-state index contributed by atoms with van der Waals surface area (Å²) in [7, 11) is -4.06. The topological polar surface area (TPSA) is 117 Å². The summed E-state index contributed by atoms with van der Waals surface area (Å²) >= 11 is 0. The van der Waals surface area contributed by atoms with E-state index >= 15 is 0 Å². The molecule has 3 rings (SSSR count).